The van der Waals surface area contributed by atoms with Gasteiger partial charge in [-0.2, -0.15) is 0 Å². The number of nitrogens with zero attached hydrogens (tertiary/aromatic N) is 2. The fraction of sp³-hybridized carbons (Fsp3) is 0.533. The van der Waals surface area contributed by atoms with E-state index in [0.29, 0.717) is 12.4 Å². The minimum absolute atomic E-state index is 0.0786. The lowest BCUT2D eigenvalue weighted by Crippen LogP contribution is -2.11. The summed E-state index contributed by atoms with van der Waals surface area (Å²) in [5.41, 5.74) is 1.18. The maximum Gasteiger partial charge on any atom is 0.313 e. The monoisotopic (exact) mass is 323 g/mol. The summed E-state index contributed by atoms with van der Waals surface area (Å²) < 4.78 is 9.75. The van der Waals surface area contributed by atoms with E-state index in [0.717, 1.165) is 29.0 Å². The molecule has 1 N–H and O–H groups in total. The topological polar surface area (TPSA) is 73.3 Å². The molecule has 0 aliphatic heterocycles. The first-order chi connectivity index (χ1) is 10.6. The van der Waals surface area contributed by atoms with Crippen LogP contribution in [-0.4, -0.2) is 43.3 Å². The Morgan fingerprint density at radius 3 is 2.73 bits per heavy atom. The van der Waals surface area contributed by atoms with Crippen LogP contribution in [0.4, 0.5) is 5.82 Å². The molecule has 6 nitrogen and oxygen atoms in total. The van der Waals surface area contributed by atoms with Crippen molar-refractivity contribution >= 4 is 33.3 Å². The van der Waals surface area contributed by atoms with E-state index in [1.54, 1.807) is 18.4 Å². The standard InChI is InChI=1S/C15H21N3O3S/c1-9-10(2)22-15-13(9)14(16-6-5-7-20-3)17-11(18-15)8-12(19)21-4/h5-8H2,1-4H3,(H,16,17,18). The summed E-state index contributed by atoms with van der Waals surface area (Å²) in [5.74, 6) is 0.923. The van der Waals surface area contributed by atoms with Gasteiger partial charge in [0.1, 0.15) is 22.9 Å². The van der Waals surface area contributed by atoms with Gasteiger partial charge in [-0.05, 0) is 25.8 Å². The van der Waals surface area contributed by atoms with Crippen LogP contribution >= 0.6 is 11.3 Å². The largest absolute Gasteiger partial charge is 0.469 e. The van der Waals surface area contributed by atoms with Gasteiger partial charge in [-0.1, -0.05) is 0 Å². The van der Waals surface area contributed by atoms with Gasteiger partial charge in [0.2, 0.25) is 0 Å². The molecule has 0 amide bonds. The summed E-state index contributed by atoms with van der Waals surface area (Å²) in [6.07, 6.45) is 0.964. The highest BCUT2D eigenvalue weighted by atomic mass is 32.1. The number of carbonyl (C=O) groups is 1. The highest BCUT2D eigenvalue weighted by Gasteiger charge is 2.16. The van der Waals surface area contributed by atoms with Crippen molar-refractivity contribution < 1.29 is 14.3 Å². The average molecular weight is 323 g/mol. The molecule has 0 unspecified atom stereocenters. The van der Waals surface area contributed by atoms with E-state index >= 15 is 0 Å². The van der Waals surface area contributed by atoms with E-state index in [1.807, 2.05) is 0 Å². The first-order valence-electron chi connectivity index (χ1n) is 7.13. The number of nitrogens with one attached hydrogen (secondary N) is 1. The number of rotatable bonds is 7. The first-order valence-corrected chi connectivity index (χ1v) is 7.94. The zero-order valence-electron chi connectivity index (χ0n) is 13.4. The summed E-state index contributed by atoms with van der Waals surface area (Å²) in [4.78, 5) is 22.6. The molecule has 120 valence electrons. The molecule has 0 saturated heterocycles. The van der Waals surface area contributed by atoms with E-state index in [2.05, 4.69) is 29.1 Å². The predicted octanol–water partition coefficient (Wildman–Crippen LogP) is 2.47. The van der Waals surface area contributed by atoms with Gasteiger partial charge in [0.25, 0.3) is 0 Å². The Kier molecular flexibility index (Phi) is 5.68. The van der Waals surface area contributed by atoms with Gasteiger partial charge < -0.3 is 14.8 Å². The molecule has 0 radical (unpaired) electrons. The van der Waals surface area contributed by atoms with Crippen LogP contribution in [0.2, 0.25) is 0 Å². The Balaban J connectivity index is 2.33. The number of anilines is 1. The highest BCUT2D eigenvalue weighted by molar-refractivity contribution is 7.18. The Morgan fingerprint density at radius 1 is 1.27 bits per heavy atom. The second-order valence-electron chi connectivity index (χ2n) is 4.98. The number of carbonyl (C=O) groups excluding carboxylic acids is 1. The Bertz CT molecular complexity index is 670. The van der Waals surface area contributed by atoms with E-state index in [-0.39, 0.29) is 12.4 Å². The first kappa shape index (κ1) is 16.6. The molecule has 2 aromatic rings. The molecule has 0 aromatic carbocycles. The summed E-state index contributed by atoms with van der Waals surface area (Å²) in [7, 11) is 3.05. The van der Waals surface area contributed by atoms with Gasteiger partial charge in [0.05, 0.1) is 12.5 Å². The summed E-state index contributed by atoms with van der Waals surface area (Å²) in [6.45, 7) is 5.58. The predicted molar refractivity (Wildman–Crippen MR) is 87.6 cm³/mol. The Hall–Kier alpha value is -1.73. The molecule has 0 atom stereocenters. The van der Waals surface area contributed by atoms with Crippen LogP contribution in [0.15, 0.2) is 0 Å². The lowest BCUT2D eigenvalue weighted by Gasteiger charge is -2.09. The van der Waals surface area contributed by atoms with E-state index in [1.165, 1.54) is 17.6 Å². The number of thiophene rings is 1. The van der Waals surface area contributed by atoms with Crippen molar-refractivity contribution in [1.29, 1.82) is 0 Å². The third-order valence-electron chi connectivity index (χ3n) is 3.42. The number of ether oxygens (including phenoxy) is 2. The van der Waals surface area contributed by atoms with Gasteiger partial charge in [0.15, 0.2) is 0 Å². The number of methoxy groups -OCH3 is 2. The van der Waals surface area contributed by atoms with Crippen LogP contribution in [0.5, 0.6) is 0 Å². The second kappa shape index (κ2) is 7.51. The lowest BCUT2D eigenvalue weighted by atomic mass is 10.2. The van der Waals surface area contributed by atoms with E-state index in [9.17, 15) is 4.79 Å². The van der Waals surface area contributed by atoms with Crippen LogP contribution in [0.25, 0.3) is 10.2 Å². The molecule has 2 aromatic heterocycles. The third-order valence-corrected chi connectivity index (χ3v) is 4.52. The van der Waals surface area contributed by atoms with E-state index in [4.69, 9.17) is 9.47 Å². The summed E-state index contributed by atoms with van der Waals surface area (Å²) in [6, 6.07) is 0. The number of hydrogen-bond donors (Lipinski definition) is 1. The molecular weight excluding hydrogens is 302 g/mol. The fourth-order valence-electron chi connectivity index (χ4n) is 2.13. The molecule has 7 heteroatoms. The number of esters is 1. The van der Waals surface area contributed by atoms with Gasteiger partial charge in [0, 0.05) is 25.1 Å². The lowest BCUT2D eigenvalue weighted by molar-refractivity contribution is -0.139. The van der Waals surface area contributed by atoms with Gasteiger partial charge in [-0.25, -0.2) is 9.97 Å². The number of hydrogen-bond acceptors (Lipinski definition) is 7. The van der Waals surface area contributed by atoms with Crippen molar-refractivity contribution in [3.8, 4) is 0 Å². The minimum atomic E-state index is -0.338. The molecular formula is C15H21N3O3S. The van der Waals surface area contributed by atoms with Gasteiger partial charge in [-0.3, -0.25) is 4.79 Å². The van der Waals surface area contributed by atoms with Crippen molar-refractivity contribution in [1.82, 2.24) is 9.97 Å². The molecule has 0 aliphatic carbocycles. The third kappa shape index (κ3) is 3.72. The van der Waals surface area contributed by atoms with Crippen LogP contribution in [0.3, 0.4) is 0 Å². The van der Waals surface area contributed by atoms with Crippen molar-refractivity contribution in [2.24, 2.45) is 0 Å². The number of aromatic nitrogens is 2. The van der Waals surface area contributed by atoms with Crippen LogP contribution in [0.1, 0.15) is 22.7 Å². The Morgan fingerprint density at radius 2 is 2.05 bits per heavy atom. The van der Waals surface area contributed by atoms with Crippen LogP contribution in [0, 0.1) is 13.8 Å². The maximum atomic E-state index is 11.5. The molecule has 0 spiro atoms. The van der Waals surface area contributed by atoms with Gasteiger partial charge >= 0.3 is 5.97 Å². The highest BCUT2D eigenvalue weighted by Crippen LogP contribution is 2.33. The Labute approximate surface area is 133 Å². The van der Waals surface area contributed by atoms with Crippen molar-refractivity contribution in [2.75, 3.05) is 32.7 Å². The molecule has 2 heterocycles. The second-order valence-corrected chi connectivity index (χ2v) is 6.18. The van der Waals surface area contributed by atoms with Crippen molar-refractivity contribution in [3.05, 3.63) is 16.3 Å². The number of fused-ring (bicyclic) bond motifs is 1. The quantitative estimate of drug-likeness (QED) is 0.623. The number of aryl methyl sites for hydroxylation is 2. The molecule has 0 saturated carbocycles. The van der Waals surface area contributed by atoms with E-state index < -0.39 is 0 Å². The minimum Gasteiger partial charge on any atom is -0.469 e. The van der Waals surface area contributed by atoms with Gasteiger partial charge in [-0.15, -0.1) is 11.3 Å². The zero-order chi connectivity index (χ0) is 16.1. The van der Waals surface area contributed by atoms with Crippen molar-refractivity contribution in [3.63, 3.8) is 0 Å². The molecule has 0 bridgehead atoms. The van der Waals surface area contributed by atoms with Crippen molar-refractivity contribution in [2.45, 2.75) is 26.7 Å². The average Bonchev–Trinajstić information content (AvgIpc) is 2.78. The molecule has 0 fully saturated rings. The molecule has 22 heavy (non-hydrogen) atoms. The molecule has 2 rings (SSSR count). The normalized spacial score (nSPS) is 10.9. The van der Waals surface area contributed by atoms with Crippen LogP contribution in [-0.2, 0) is 20.7 Å². The maximum absolute atomic E-state index is 11.5. The summed E-state index contributed by atoms with van der Waals surface area (Å²) in [5, 5.41) is 4.37. The van der Waals surface area contributed by atoms with Crippen LogP contribution < -0.4 is 5.32 Å². The smallest absolute Gasteiger partial charge is 0.313 e. The molecule has 0 aliphatic rings. The summed E-state index contributed by atoms with van der Waals surface area (Å²) >= 11 is 1.62. The fourth-order valence-corrected chi connectivity index (χ4v) is 3.17. The SMILES string of the molecule is COCCCNc1nc(CC(=O)OC)nc2sc(C)c(C)c12. The zero-order valence-corrected chi connectivity index (χ0v) is 14.2.